The van der Waals surface area contributed by atoms with Gasteiger partial charge in [0.25, 0.3) is 5.91 Å². The summed E-state index contributed by atoms with van der Waals surface area (Å²) in [6, 6.07) is 18.2. The summed E-state index contributed by atoms with van der Waals surface area (Å²) < 4.78 is 6.47. The Labute approximate surface area is 182 Å². The monoisotopic (exact) mass is 459 g/mol. The Morgan fingerprint density at radius 2 is 1.62 bits per heavy atom. The number of nitrogens with one attached hydrogen (secondary N) is 1. The van der Waals surface area contributed by atoms with E-state index in [1.165, 1.54) is 5.56 Å². The molecule has 0 aromatic heterocycles. The average molecular weight is 460 g/mol. The minimum atomic E-state index is -0.0672. The van der Waals surface area contributed by atoms with Crippen molar-refractivity contribution in [1.29, 1.82) is 0 Å². The first-order valence-electron chi connectivity index (χ1n) is 10.3. The molecule has 1 fully saturated rings. The highest BCUT2D eigenvalue weighted by Crippen LogP contribution is 2.15. The van der Waals surface area contributed by atoms with Gasteiger partial charge in [0, 0.05) is 43.7 Å². The molecule has 3 rings (SSSR count). The van der Waals surface area contributed by atoms with Crippen LogP contribution in [-0.4, -0.2) is 61.6 Å². The van der Waals surface area contributed by atoms with E-state index in [-0.39, 0.29) is 12.5 Å². The first-order valence-corrected chi connectivity index (χ1v) is 11.1. The minimum Gasteiger partial charge on any atom is -0.484 e. The van der Waals surface area contributed by atoms with Crippen molar-refractivity contribution >= 4 is 21.8 Å². The maximum Gasteiger partial charge on any atom is 0.257 e. The largest absolute Gasteiger partial charge is 0.484 e. The molecule has 1 aliphatic heterocycles. The van der Waals surface area contributed by atoms with Crippen molar-refractivity contribution in [2.24, 2.45) is 0 Å². The van der Waals surface area contributed by atoms with Crippen molar-refractivity contribution in [3.63, 3.8) is 0 Å². The van der Waals surface area contributed by atoms with Crippen molar-refractivity contribution in [1.82, 2.24) is 15.1 Å². The van der Waals surface area contributed by atoms with Crippen LogP contribution >= 0.6 is 15.9 Å². The minimum absolute atomic E-state index is 0.0605. The SMILES string of the molecule is O=C(COc1ccc(Br)cc1)NCCCCN1CCN(Cc2ccccc2)CC1. The number of nitrogens with zero attached hydrogens (tertiary/aromatic N) is 2. The van der Waals surface area contributed by atoms with E-state index in [9.17, 15) is 4.79 Å². The zero-order chi connectivity index (χ0) is 20.3. The van der Waals surface area contributed by atoms with Crippen molar-refractivity contribution in [2.75, 3.05) is 45.9 Å². The molecule has 2 aromatic rings. The molecule has 6 heteroatoms. The zero-order valence-electron chi connectivity index (χ0n) is 16.9. The molecule has 0 bridgehead atoms. The standard InChI is InChI=1S/C23H30BrN3O2/c24-21-8-10-22(11-9-21)29-19-23(28)25-12-4-5-13-26-14-16-27(17-15-26)18-20-6-2-1-3-7-20/h1-3,6-11H,4-5,12-19H2,(H,25,28). The first kappa shape index (κ1) is 21.8. The van der Waals surface area contributed by atoms with Crippen LogP contribution in [0.3, 0.4) is 0 Å². The second-order valence-electron chi connectivity index (χ2n) is 7.40. The molecule has 5 nitrogen and oxygen atoms in total. The number of piperazine rings is 1. The maximum absolute atomic E-state index is 11.9. The highest BCUT2D eigenvalue weighted by molar-refractivity contribution is 9.10. The average Bonchev–Trinajstić information content (AvgIpc) is 2.75. The Morgan fingerprint density at radius 3 is 2.34 bits per heavy atom. The molecule has 156 valence electrons. The molecule has 29 heavy (non-hydrogen) atoms. The van der Waals surface area contributed by atoms with Crippen LogP contribution in [0.25, 0.3) is 0 Å². The molecule has 2 aromatic carbocycles. The van der Waals surface area contributed by atoms with Crippen LogP contribution in [0.1, 0.15) is 18.4 Å². The number of halogens is 1. The number of ether oxygens (including phenoxy) is 1. The second-order valence-corrected chi connectivity index (χ2v) is 8.32. The first-order chi connectivity index (χ1) is 14.2. The van der Waals surface area contributed by atoms with E-state index in [0.717, 1.165) is 56.6 Å². The van der Waals surface area contributed by atoms with Gasteiger partial charge < -0.3 is 15.0 Å². The van der Waals surface area contributed by atoms with Crippen LogP contribution in [0.2, 0.25) is 0 Å². The summed E-state index contributed by atoms with van der Waals surface area (Å²) in [5.74, 6) is 0.636. The van der Waals surface area contributed by atoms with Gasteiger partial charge >= 0.3 is 0 Å². The third kappa shape index (κ3) is 8.17. The fraction of sp³-hybridized carbons (Fsp3) is 0.435. The zero-order valence-corrected chi connectivity index (χ0v) is 18.4. The molecule has 0 spiro atoms. The fourth-order valence-corrected chi connectivity index (χ4v) is 3.70. The van der Waals surface area contributed by atoms with Crippen molar-refractivity contribution < 1.29 is 9.53 Å². The molecule has 0 saturated carbocycles. The van der Waals surface area contributed by atoms with Gasteiger partial charge in [0.2, 0.25) is 0 Å². The third-order valence-corrected chi connectivity index (χ3v) is 5.65. The summed E-state index contributed by atoms with van der Waals surface area (Å²) in [5, 5.41) is 2.94. The van der Waals surface area contributed by atoms with Gasteiger partial charge in [-0.3, -0.25) is 9.69 Å². The van der Waals surface area contributed by atoms with Gasteiger partial charge in [-0.15, -0.1) is 0 Å². The van der Waals surface area contributed by atoms with Crippen molar-refractivity contribution in [3.8, 4) is 5.75 Å². The van der Waals surface area contributed by atoms with Gasteiger partial charge in [-0.05, 0) is 49.2 Å². The number of hydrogen-bond donors (Lipinski definition) is 1. The molecule has 0 unspecified atom stereocenters. The summed E-state index contributed by atoms with van der Waals surface area (Å²) in [5.41, 5.74) is 1.39. The van der Waals surface area contributed by atoms with E-state index in [1.54, 1.807) is 0 Å². The predicted octanol–water partition coefficient (Wildman–Crippen LogP) is 3.54. The van der Waals surface area contributed by atoms with Crippen LogP contribution in [0.5, 0.6) is 5.75 Å². The number of benzene rings is 2. The Morgan fingerprint density at radius 1 is 0.931 bits per heavy atom. The lowest BCUT2D eigenvalue weighted by molar-refractivity contribution is -0.123. The quantitative estimate of drug-likeness (QED) is 0.551. The lowest BCUT2D eigenvalue weighted by Gasteiger charge is -2.34. The molecule has 1 saturated heterocycles. The van der Waals surface area contributed by atoms with Crippen LogP contribution in [0.15, 0.2) is 59.1 Å². The normalized spacial score (nSPS) is 15.2. The van der Waals surface area contributed by atoms with E-state index < -0.39 is 0 Å². The number of rotatable bonds is 10. The Kier molecular flexibility index (Phi) is 8.99. The Bertz CT molecular complexity index is 732. The number of amides is 1. The van der Waals surface area contributed by atoms with Crippen LogP contribution < -0.4 is 10.1 Å². The van der Waals surface area contributed by atoms with Gasteiger partial charge in [0.05, 0.1) is 0 Å². The highest BCUT2D eigenvalue weighted by Gasteiger charge is 2.16. The summed E-state index contributed by atoms with van der Waals surface area (Å²) in [7, 11) is 0. The van der Waals surface area contributed by atoms with Gasteiger partial charge in [-0.2, -0.15) is 0 Å². The Hall–Kier alpha value is -1.89. The van der Waals surface area contributed by atoms with Gasteiger partial charge in [0.15, 0.2) is 6.61 Å². The summed E-state index contributed by atoms with van der Waals surface area (Å²) >= 11 is 3.38. The molecule has 1 N–H and O–H groups in total. The molecule has 1 aliphatic rings. The Balaban J connectivity index is 1.20. The molecule has 0 radical (unpaired) electrons. The molecule has 0 aliphatic carbocycles. The van der Waals surface area contributed by atoms with E-state index in [2.05, 4.69) is 61.4 Å². The van der Waals surface area contributed by atoms with Crippen molar-refractivity contribution in [2.45, 2.75) is 19.4 Å². The number of carbonyl (C=O) groups excluding carboxylic acids is 1. The number of unbranched alkanes of at least 4 members (excludes halogenated alkanes) is 1. The third-order valence-electron chi connectivity index (χ3n) is 5.12. The topological polar surface area (TPSA) is 44.8 Å². The molecular weight excluding hydrogens is 430 g/mol. The van der Waals surface area contributed by atoms with Gasteiger partial charge in [-0.1, -0.05) is 46.3 Å². The number of carbonyl (C=O) groups is 1. The fourth-order valence-electron chi connectivity index (χ4n) is 3.43. The van der Waals surface area contributed by atoms with E-state index in [1.807, 2.05) is 24.3 Å². The maximum atomic E-state index is 11.9. The number of hydrogen-bond acceptors (Lipinski definition) is 4. The van der Waals surface area contributed by atoms with Crippen LogP contribution in [0, 0.1) is 0 Å². The molecule has 0 atom stereocenters. The van der Waals surface area contributed by atoms with Crippen LogP contribution in [0.4, 0.5) is 0 Å². The van der Waals surface area contributed by atoms with Crippen LogP contribution in [-0.2, 0) is 11.3 Å². The second kappa shape index (κ2) is 12.0. The molecule has 1 amide bonds. The summed E-state index contributed by atoms with van der Waals surface area (Å²) in [6.45, 7) is 7.41. The summed E-state index contributed by atoms with van der Waals surface area (Å²) in [4.78, 5) is 16.9. The van der Waals surface area contributed by atoms with Gasteiger partial charge in [-0.25, -0.2) is 0 Å². The predicted molar refractivity (Wildman–Crippen MR) is 120 cm³/mol. The molecule has 1 heterocycles. The van der Waals surface area contributed by atoms with E-state index in [4.69, 9.17) is 4.74 Å². The smallest absolute Gasteiger partial charge is 0.257 e. The van der Waals surface area contributed by atoms with Gasteiger partial charge in [0.1, 0.15) is 5.75 Å². The van der Waals surface area contributed by atoms with E-state index >= 15 is 0 Å². The summed E-state index contributed by atoms with van der Waals surface area (Å²) in [6.07, 6.45) is 2.10. The van der Waals surface area contributed by atoms with E-state index in [0.29, 0.717) is 12.3 Å². The lowest BCUT2D eigenvalue weighted by Crippen LogP contribution is -2.46. The van der Waals surface area contributed by atoms with Crippen molar-refractivity contribution in [3.05, 3.63) is 64.6 Å². The highest BCUT2D eigenvalue weighted by atomic mass is 79.9. The molecular formula is C23H30BrN3O2. The lowest BCUT2D eigenvalue weighted by atomic mass is 10.2.